The number of amides is 1. The lowest BCUT2D eigenvalue weighted by atomic mass is 10.2. The molecule has 0 unspecified atom stereocenters. The molecular formula is C23H22N4O2S. The smallest absolute Gasteiger partial charge is 0.264 e. The van der Waals surface area contributed by atoms with Gasteiger partial charge in [-0.25, -0.2) is 9.98 Å². The van der Waals surface area contributed by atoms with E-state index in [2.05, 4.69) is 25.9 Å². The zero-order valence-electron chi connectivity index (χ0n) is 17.3. The lowest BCUT2D eigenvalue weighted by molar-refractivity contribution is -0.115. The highest BCUT2D eigenvalue weighted by molar-refractivity contribution is 8.18. The van der Waals surface area contributed by atoms with Crippen molar-refractivity contribution >= 4 is 34.6 Å². The number of methoxy groups -OCH3 is 1. The highest BCUT2D eigenvalue weighted by Gasteiger charge is 2.24. The van der Waals surface area contributed by atoms with Gasteiger partial charge in [-0.1, -0.05) is 6.07 Å². The van der Waals surface area contributed by atoms with E-state index in [0.29, 0.717) is 10.1 Å². The molecule has 1 aliphatic heterocycles. The monoisotopic (exact) mass is 418 g/mol. The van der Waals surface area contributed by atoms with E-state index in [1.54, 1.807) is 7.11 Å². The van der Waals surface area contributed by atoms with Crippen molar-refractivity contribution in [1.82, 2.24) is 14.9 Å². The van der Waals surface area contributed by atoms with Crippen LogP contribution in [-0.4, -0.2) is 27.7 Å². The van der Waals surface area contributed by atoms with Gasteiger partial charge in [0.05, 0.1) is 17.7 Å². The number of amidine groups is 1. The first kappa shape index (κ1) is 20.0. The number of rotatable bonds is 4. The highest BCUT2D eigenvalue weighted by atomic mass is 32.2. The van der Waals surface area contributed by atoms with E-state index < -0.39 is 0 Å². The first-order valence-electron chi connectivity index (χ1n) is 9.50. The number of benzene rings is 1. The van der Waals surface area contributed by atoms with Crippen LogP contribution in [0.3, 0.4) is 0 Å². The summed E-state index contributed by atoms with van der Waals surface area (Å²) in [6, 6.07) is 13.5. The molecule has 1 aromatic carbocycles. The van der Waals surface area contributed by atoms with Gasteiger partial charge in [-0.05, 0) is 86.1 Å². The van der Waals surface area contributed by atoms with Crippen LogP contribution in [-0.2, 0) is 4.79 Å². The Morgan fingerprint density at radius 3 is 2.57 bits per heavy atom. The number of aryl methyl sites for hydroxylation is 2. The van der Waals surface area contributed by atoms with Crippen molar-refractivity contribution in [2.45, 2.75) is 20.8 Å². The van der Waals surface area contributed by atoms with Crippen molar-refractivity contribution in [3.63, 3.8) is 0 Å². The topological polar surface area (TPSA) is 68.5 Å². The van der Waals surface area contributed by atoms with Gasteiger partial charge in [0.1, 0.15) is 11.6 Å². The minimum Gasteiger partial charge on any atom is -0.497 e. The molecule has 1 N–H and O–H groups in total. The van der Waals surface area contributed by atoms with Gasteiger partial charge in [0.2, 0.25) is 0 Å². The number of nitrogens with zero attached hydrogens (tertiary/aromatic N) is 3. The summed E-state index contributed by atoms with van der Waals surface area (Å²) in [5.74, 6) is 1.48. The zero-order valence-corrected chi connectivity index (χ0v) is 18.1. The molecule has 3 aromatic rings. The van der Waals surface area contributed by atoms with E-state index in [-0.39, 0.29) is 5.91 Å². The molecule has 0 bridgehead atoms. The van der Waals surface area contributed by atoms with Gasteiger partial charge in [0, 0.05) is 17.6 Å². The molecule has 0 saturated carbocycles. The standard InChI is InChI=1S/C23H22N4O2S/c1-14-5-10-21(24-13-14)27-15(2)11-17(16(27)3)12-20-22(28)26-23(30-20)25-18-6-8-19(29-4)9-7-18/h5-13H,1-4H3,(H,25,26,28)/b20-12+. The normalized spacial score (nSPS) is 16.3. The minimum atomic E-state index is -0.148. The third-order valence-electron chi connectivity index (χ3n) is 4.84. The summed E-state index contributed by atoms with van der Waals surface area (Å²) < 4.78 is 7.25. The first-order valence-corrected chi connectivity index (χ1v) is 10.3. The summed E-state index contributed by atoms with van der Waals surface area (Å²) in [7, 11) is 1.62. The van der Waals surface area contributed by atoms with E-state index in [9.17, 15) is 4.79 Å². The number of aromatic nitrogens is 2. The molecule has 1 saturated heterocycles. The fourth-order valence-electron chi connectivity index (χ4n) is 3.27. The summed E-state index contributed by atoms with van der Waals surface area (Å²) >= 11 is 1.33. The molecule has 4 rings (SSSR count). The molecule has 3 heterocycles. The van der Waals surface area contributed by atoms with Crippen molar-refractivity contribution < 1.29 is 9.53 Å². The maximum Gasteiger partial charge on any atom is 0.264 e. The minimum absolute atomic E-state index is 0.148. The molecule has 0 spiro atoms. The van der Waals surface area contributed by atoms with Gasteiger partial charge in [0.15, 0.2) is 5.17 Å². The molecule has 30 heavy (non-hydrogen) atoms. The number of carbonyl (C=O) groups excluding carboxylic acids is 1. The van der Waals surface area contributed by atoms with Crippen LogP contribution in [0.4, 0.5) is 5.69 Å². The van der Waals surface area contributed by atoms with E-state index >= 15 is 0 Å². The lowest BCUT2D eigenvalue weighted by Crippen LogP contribution is -2.19. The Morgan fingerprint density at radius 2 is 1.90 bits per heavy atom. The van der Waals surface area contributed by atoms with Crippen molar-refractivity contribution in [2.75, 3.05) is 7.11 Å². The molecular weight excluding hydrogens is 396 g/mol. The number of hydrogen-bond donors (Lipinski definition) is 1. The Hall–Kier alpha value is -3.32. The molecule has 1 amide bonds. The van der Waals surface area contributed by atoms with E-state index in [1.165, 1.54) is 11.8 Å². The second-order valence-electron chi connectivity index (χ2n) is 7.04. The van der Waals surface area contributed by atoms with Crippen molar-refractivity contribution in [3.8, 4) is 11.6 Å². The van der Waals surface area contributed by atoms with Crippen LogP contribution in [0, 0.1) is 20.8 Å². The Morgan fingerprint density at radius 1 is 1.13 bits per heavy atom. The molecule has 1 aliphatic rings. The van der Waals surface area contributed by atoms with Gasteiger partial charge < -0.3 is 14.6 Å². The number of hydrogen-bond acceptors (Lipinski definition) is 5. The van der Waals surface area contributed by atoms with E-state index in [0.717, 1.165) is 39.8 Å². The highest BCUT2D eigenvalue weighted by Crippen LogP contribution is 2.30. The average molecular weight is 419 g/mol. The first-order chi connectivity index (χ1) is 14.4. The van der Waals surface area contributed by atoms with Crippen LogP contribution in [0.15, 0.2) is 58.6 Å². The van der Waals surface area contributed by atoms with Gasteiger partial charge >= 0.3 is 0 Å². The molecule has 0 radical (unpaired) electrons. The predicted molar refractivity (Wildman–Crippen MR) is 122 cm³/mol. The number of carbonyl (C=O) groups is 1. The third kappa shape index (κ3) is 4.02. The molecule has 1 fully saturated rings. The second kappa shape index (κ2) is 8.20. The number of aliphatic imine (C=N–C) groups is 1. The maximum atomic E-state index is 12.5. The molecule has 2 aromatic heterocycles. The SMILES string of the molecule is COc1ccc(N=C2NC(=O)/C(=C\c3cc(C)n(-c4ccc(C)cn4)c3C)S2)cc1. The summed E-state index contributed by atoms with van der Waals surface area (Å²) in [5, 5.41) is 3.40. The number of nitrogens with one attached hydrogen (secondary N) is 1. The molecule has 152 valence electrons. The van der Waals surface area contributed by atoms with Gasteiger partial charge in [-0.2, -0.15) is 0 Å². The summed E-state index contributed by atoms with van der Waals surface area (Å²) in [5.41, 5.74) is 4.95. The summed E-state index contributed by atoms with van der Waals surface area (Å²) in [6.07, 6.45) is 3.76. The maximum absolute atomic E-state index is 12.5. The van der Waals surface area contributed by atoms with E-state index in [1.807, 2.05) is 69.4 Å². The van der Waals surface area contributed by atoms with E-state index in [4.69, 9.17) is 4.74 Å². The summed E-state index contributed by atoms with van der Waals surface area (Å²) in [6.45, 7) is 6.09. The Bertz CT molecular complexity index is 1160. The molecule has 0 atom stereocenters. The fourth-order valence-corrected chi connectivity index (χ4v) is 4.11. The largest absolute Gasteiger partial charge is 0.497 e. The number of pyridine rings is 1. The number of thioether (sulfide) groups is 1. The fraction of sp³-hybridized carbons (Fsp3) is 0.174. The predicted octanol–water partition coefficient (Wildman–Crippen LogP) is 4.70. The Kier molecular flexibility index (Phi) is 5.46. The van der Waals surface area contributed by atoms with Crippen molar-refractivity contribution in [2.24, 2.45) is 4.99 Å². The van der Waals surface area contributed by atoms with Crippen LogP contribution in [0.1, 0.15) is 22.5 Å². The second-order valence-corrected chi connectivity index (χ2v) is 8.07. The molecule has 7 heteroatoms. The third-order valence-corrected chi connectivity index (χ3v) is 5.75. The van der Waals surface area contributed by atoms with Gasteiger partial charge in [-0.3, -0.25) is 4.79 Å². The molecule has 6 nitrogen and oxygen atoms in total. The van der Waals surface area contributed by atoms with Gasteiger partial charge in [-0.15, -0.1) is 0 Å². The van der Waals surface area contributed by atoms with Crippen molar-refractivity contribution in [3.05, 3.63) is 76.1 Å². The van der Waals surface area contributed by atoms with Gasteiger partial charge in [0.25, 0.3) is 5.91 Å². The Labute approximate surface area is 179 Å². The molecule has 0 aliphatic carbocycles. The van der Waals surface area contributed by atoms with Crippen LogP contribution >= 0.6 is 11.8 Å². The zero-order chi connectivity index (χ0) is 21.3. The summed E-state index contributed by atoms with van der Waals surface area (Å²) in [4.78, 5) is 22.1. The van der Waals surface area contributed by atoms with Crippen LogP contribution in [0.25, 0.3) is 11.9 Å². The van der Waals surface area contributed by atoms with Crippen molar-refractivity contribution in [1.29, 1.82) is 0 Å². The van der Waals surface area contributed by atoms with Crippen LogP contribution in [0.2, 0.25) is 0 Å². The van der Waals surface area contributed by atoms with Crippen LogP contribution < -0.4 is 10.1 Å². The van der Waals surface area contributed by atoms with Crippen LogP contribution in [0.5, 0.6) is 5.75 Å². The Balaban J connectivity index is 1.60. The number of ether oxygens (including phenoxy) is 1. The quantitative estimate of drug-likeness (QED) is 0.624. The average Bonchev–Trinajstić information content (AvgIpc) is 3.21. The lowest BCUT2D eigenvalue weighted by Gasteiger charge is -2.08.